The molecule has 0 radical (unpaired) electrons. The largest absolute Gasteiger partial charge is 0.467 e. The van der Waals surface area contributed by atoms with Gasteiger partial charge in [-0.15, -0.1) is 0 Å². The second-order valence-electron chi connectivity index (χ2n) is 5.60. The molecule has 3 rings (SSSR count). The second kappa shape index (κ2) is 6.74. The lowest BCUT2D eigenvalue weighted by Crippen LogP contribution is -2.38. The van der Waals surface area contributed by atoms with Gasteiger partial charge < -0.3 is 13.7 Å². The number of hydrogen-bond donors (Lipinski definition) is 0. The van der Waals surface area contributed by atoms with E-state index in [2.05, 4.69) is 5.10 Å². The van der Waals surface area contributed by atoms with E-state index in [9.17, 15) is 9.59 Å². The summed E-state index contributed by atoms with van der Waals surface area (Å²) in [6.07, 6.45) is 3.98. The zero-order valence-electron chi connectivity index (χ0n) is 13.6. The van der Waals surface area contributed by atoms with Crippen LogP contribution >= 0.6 is 0 Å². The molecule has 7 nitrogen and oxygen atoms in total. The van der Waals surface area contributed by atoms with Gasteiger partial charge in [-0.05, 0) is 24.3 Å². The number of nitrogens with zero attached hydrogens (tertiary/aromatic N) is 3. The van der Waals surface area contributed by atoms with E-state index in [1.165, 1.54) is 9.91 Å². The molecule has 2 aromatic rings. The van der Waals surface area contributed by atoms with Gasteiger partial charge in [-0.2, -0.15) is 5.10 Å². The maximum atomic E-state index is 12.6. The first-order valence-corrected chi connectivity index (χ1v) is 7.81. The SMILES string of the molecule is CCC(=O)N(C)CC(=O)N1N=C(c2ccco2)CC1c1ccco1. The molecule has 2 amide bonds. The van der Waals surface area contributed by atoms with Crippen LogP contribution in [0.4, 0.5) is 0 Å². The van der Waals surface area contributed by atoms with Gasteiger partial charge in [-0.1, -0.05) is 6.92 Å². The molecule has 3 heterocycles. The first kappa shape index (κ1) is 16.0. The van der Waals surface area contributed by atoms with Crippen LogP contribution in [0.1, 0.15) is 37.3 Å². The van der Waals surface area contributed by atoms with E-state index in [0.717, 1.165) is 0 Å². The van der Waals surface area contributed by atoms with Crippen LogP contribution < -0.4 is 0 Å². The summed E-state index contributed by atoms with van der Waals surface area (Å²) >= 11 is 0. The summed E-state index contributed by atoms with van der Waals surface area (Å²) in [5.41, 5.74) is 0.680. The fourth-order valence-electron chi connectivity index (χ4n) is 2.67. The lowest BCUT2D eigenvalue weighted by Gasteiger charge is -2.23. The fourth-order valence-corrected chi connectivity index (χ4v) is 2.67. The maximum Gasteiger partial charge on any atom is 0.262 e. The molecule has 0 saturated carbocycles. The van der Waals surface area contributed by atoms with E-state index in [4.69, 9.17) is 8.83 Å². The molecule has 24 heavy (non-hydrogen) atoms. The number of hydrazone groups is 1. The van der Waals surface area contributed by atoms with Crippen LogP contribution in [0.5, 0.6) is 0 Å². The topological polar surface area (TPSA) is 79.3 Å². The Bertz CT molecular complexity index is 734. The van der Waals surface area contributed by atoms with Gasteiger partial charge in [0.25, 0.3) is 5.91 Å². The molecule has 0 aliphatic carbocycles. The summed E-state index contributed by atoms with van der Waals surface area (Å²) in [4.78, 5) is 25.8. The van der Waals surface area contributed by atoms with Crippen molar-refractivity contribution in [2.45, 2.75) is 25.8 Å². The van der Waals surface area contributed by atoms with Crippen LogP contribution in [0, 0.1) is 0 Å². The molecule has 0 aromatic carbocycles. The van der Waals surface area contributed by atoms with E-state index < -0.39 is 0 Å². The summed E-state index contributed by atoms with van der Waals surface area (Å²) in [7, 11) is 1.61. The minimum absolute atomic E-state index is 0.0290. The first-order chi connectivity index (χ1) is 11.6. The molecule has 0 saturated heterocycles. The van der Waals surface area contributed by atoms with Crippen molar-refractivity contribution < 1.29 is 18.4 Å². The Morgan fingerprint density at radius 3 is 2.67 bits per heavy atom. The third-order valence-corrected chi connectivity index (χ3v) is 3.94. The summed E-state index contributed by atoms with van der Waals surface area (Å²) in [6, 6.07) is 6.83. The Morgan fingerprint density at radius 2 is 2.04 bits per heavy atom. The van der Waals surface area contributed by atoms with Crippen molar-refractivity contribution in [1.82, 2.24) is 9.91 Å². The zero-order valence-corrected chi connectivity index (χ0v) is 13.6. The number of carbonyl (C=O) groups is 2. The van der Waals surface area contributed by atoms with Crippen molar-refractivity contribution in [2.24, 2.45) is 5.10 Å². The number of furan rings is 2. The highest BCUT2D eigenvalue weighted by atomic mass is 16.3. The van der Waals surface area contributed by atoms with Crippen LogP contribution in [0.25, 0.3) is 0 Å². The standard InChI is InChI=1S/C17H19N3O4/c1-3-16(21)19(2)11-17(22)20-13(15-7-5-9-24-15)10-12(18-20)14-6-4-8-23-14/h4-9,13H,3,10-11H2,1-2H3. The molecule has 1 unspecified atom stereocenters. The minimum atomic E-state index is -0.335. The van der Waals surface area contributed by atoms with Crippen molar-refractivity contribution >= 4 is 17.5 Å². The van der Waals surface area contributed by atoms with E-state index >= 15 is 0 Å². The number of likely N-dealkylation sites (N-methyl/N-ethyl adjacent to an activating group) is 1. The number of amides is 2. The van der Waals surface area contributed by atoms with Crippen LogP contribution in [0.2, 0.25) is 0 Å². The van der Waals surface area contributed by atoms with Crippen LogP contribution in [0.15, 0.2) is 50.7 Å². The van der Waals surface area contributed by atoms with Crippen LogP contribution in [-0.4, -0.2) is 41.0 Å². The van der Waals surface area contributed by atoms with Crippen LogP contribution in [0.3, 0.4) is 0 Å². The fraction of sp³-hybridized carbons (Fsp3) is 0.353. The first-order valence-electron chi connectivity index (χ1n) is 7.81. The van der Waals surface area contributed by atoms with Gasteiger partial charge in [-0.3, -0.25) is 9.59 Å². The van der Waals surface area contributed by atoms with E-state index in [-0.39, 0.29) is 24.4 Å². The Hall–Kier alpha value is -2.83. The quantitative estimate of drug-likeness (QED) is 0.844. The summed E-state index contributed by atoms with van der Waals surface area (Å²) in [6.45, 7) is 1.73. The van der Waals surface area contributed by atoms with Gasteiger partial charge in [0.1, 0.15) is 29.8 Å². The molecule has 1 aliphatic rings. The summed E-state index contributed by atoms with van der Waals surface area (Å²) < 4.78 is 10.8. The van der Waals surface area contributed by atoms with E-state index in [1.54, 1.807) is 44.7 Å². The maximum absolute atomic E-state index is 12.6. The molecular formula is C17H19N3O4. The third kappa shape index (κ3) is 3.10. The Labute approximate surface area is 139 Å². The predicted octanol–water partition coefficient (Wildman–Crippen LogP) is 2.42. The monoisotopic (exact) mass is 329 g/mol. The van der Waals surface area contributed by atoms with Crippen molar-refractivity contribution in [2.75, 3.05) is 13.6 Å². The van der Waals surface area contributed by atoms with E-state index in [0.29, 0.717) is 30.1 Å². The smallest absolute Gasteiger partial charge is 0.262 e. The highest BCUT2D eigenvalue weighted by Gasteiger charge is 2.36. The van der Waals surface area contributed by atoms with Crippen molar-refractivity contribution in [3.8, 4) is 0 Å². The van der Waals surface area contributed by atoms with Gasteiger partial charge in [-0.25, -0.2) is 5.01 Å². The minimum Gasteiger partial charge on any atom is -0.467 e. The molecule has 1 atom stereocenters. The lowest BCUT2D eigenvalue weighted by molar-refractivity contribution is -0.140. The van der Waals surface area contributed by atoms with Gasteiger partial charge in [0.05, 0.1) is 12.5 Å². The van der Waals surface area contributed by atoms with Gasteiger partial charge in [0.2, 0.25) is 5.91 Å². The Balaban J connectivity index is 1.83. The predicted molar refractivity (Wildman–Crippen MR) is 86.1 cm³/mol. The number of rotatable bonds is 5. The molecule has 2 aromatic heterocycles. The average molecular weight is 329 g/mol. The Morgan fingerprint density at radius 1 is 1.29 bits per heavy atom. The molecule has 0 fully saturated rings. The molecule has 126 valence electrons. The van der Waals surface area contributed by atoms with Crippen molar-refractivity contribution in [3.05, 3.63) is 48.3 Å². The van der Waals surface area contributed by atoms with E-state index in [1.807, 2.05) is 6.07 Å². The molecule has 0 spiro atoms. The Kier molecular flexibility index (Phi) is 4.50. The highest BCUT2D eigenvalue weighted by molar-refractivity contribution is 6.01. The third-order valence-electron chi connectivity index (χ3n) is 3.94. The average Bonchev–Trinajstić information content (AvgIpc) is 3.33. The molecule has 1 aliphatic heterocycles. The number of hydrogen-bond acceptors (Lipinski definition) is 5. The van der Waals surface area contributed by atoms with Crippen molar-refractivity contribution in [3.63, 3.8) is 0 Å². The molecule has 0 N–H and O–H groups in total. The van der Waals surface area contributed by atoms with Gasteiger partial charge >= 0.3 is 0 Å². The summed E-state index contributed by atoms with van der Waals surface area (Å²) in [5.74, 6) is 0.924. The normalized spacial score (nSPS) is 17.0. The molecule has 7 heteroatoms. The highest BCUT2D eigenvalue weighted by Crippen LogP contribution is 2.33. The van der Waals surface area contributed by atoms with Gasteiger partial charge in [0, 0.05) is 19.9 Å². The summed E-state index contributed by atoms with van der Waals surface area (Å²) in [5, 5.41) is 5.80. The number of carbonyl (C=O) groups excluding carboxylic acids is 2. The zero-order chi connectivity index (χ0) is 17.1. The molecular weight excluding hydrogens is 310 g/mol. The van der Waals surface area contributed by atoms with Crippen LogP contribution in [-0.2, 0) is 9.59 Å². The second-order valence-corrected chi connectivity index (χ2v) is 5.60. The molecule has 0 bridgehead atoms. The lowest BCUT2D eigenvalue weighted by atomic mass is 10.1. The van der Waals surface area contributed by atoms with Crippen molar-refractivity contribution in [1.29, 1.82) is 0 Å². The van der Waals surface area contributed by atoms with Gasteiger partial charge in [0.15, 0.2) is 0 Å².